The topological polar surface area (TPSA) is 103 Å². The number of amides is 2. The highest BCUT2D eigenvalue weighted by Gasteiger charge is 2.33. The third kappa shape index (κ3) is 4.47. The van der Waals surface area contributed by atoms with Crippen molar-refractivity contribution in [1.29, 1.82) is 0 Å². The number of carbonyl (C=O) groups excluding carboxylic acids is 2. The van der Waals surface area contributed by atoms with E-state index in [4.69, 9.17) is 14.2 Å². The van der Waals surface area contributed by atoms with Crippen LogP contribution < -0.4 is 19.5 Å². The lowest BCUT2D eigenvalue weighted by atomic mass is 10.1. The molecule has 3 heterocycles. The lowest BCUT2D eigenvalue weighted by Gasteiger charge is -2.22. The molecule has 2 aliphatic rings. The van der Waals surface area contributed by atoms with Gasteiger partial charge in [-0.2, -0.15) is 0 Å². The Morgan fingerprint density at radius 2 is 1.97 bits per heavy atom. The highest BCUT2D eigenvalue weighted by molar-refractivity contribution is 7.13. The Morgan fingerprint density at radius 3 is 2.79 bits per heavy atom. The van der Waals surface area contributed by atoms with Crippen LogP contribution in [0.2, 0.25) is 0 Å². The molecule has 1 atom stereocenters. The summed E-state index contributed by atoms with van der Waals surface area (Å²) in [5.74, 6) is 1.66. The van der Waals surface area contributed by atoms with Gasteiger partial charge in [-0.25, -0.2) is 0 Å². The summed E-state index contributed by atoms with van der Waals surface area (Å²) in [4.78, 5) is 27.5. The average Bonchev–Trinajstić information content (AvgIpc) is 3.59. The molecule has 2 amide bonds. The number of carbonyl (C=O) groups is 2. The van der Waals surface area contributed by atoms with Gasteiger partial charge >= 0.3 is 0 Å². The van der Waals surface area contributed by atoms with Crippen LogP contribution in [0.3, 0.4) is 0 Å². The molecule has 170 valence electrons. The van der Waals surface area contributed by atoms with Gasteiger partial charge < -0.3 is 24.4 Å². The van der Waals surface area contributed by atoms with E-state index < -0.39 is 0 Å². The van der Waals surface area contributed by atoms with Crippen LogP contribution in [-0.4, -0.2) is 47.4 Å². The van der Waals surface area contributed by atoms with Crippen molar-refractivity contribution in [3.8, 4) is 17.2 Å². The molecular weight excluding hydrogens is 444 g/mol. The van der Waals surface area contributed by atoms with Crippen LogP contribution >= 0.6 is 11.3 Å². The van der Waals surface area contributed by atoms with Crippen LogP contribution in [0.5, 0.6) is 17.2 Å². The minimum atomic E-state index is -0.355. The largest absolute Gasteiger partial charge is 0.497 e. The summed E-state index contributed by atoms with van der Waals surface area (Å²) >= 11 is 1.21. The Bertz CT molecular complexity index is 1180. The van der Waals surface area contributed by atoms with Crippen LogP contribution in [0.4, 0.5) is 5.69 Å². The number of anilines is 1. The monoisotopic (exact) mass is 466 g/mol. The molecule has 1 aromatic heterocycles. The number of nitrogens with one attached hydrogen (secondary N) is 1. The van der Waals surface area contributed by atoms with E-state index in [9.17, 15) is 9.59 Å². The molecule has 2 aromatic carbocycles. The molecule has 1 fully saturated rings. The summed E-state index contributed by atoms with van der Waals surface area (Å²) in [5, 5.41) is 12.0. The predicted octanol–water partition coefficient (Wildman–Crippen LogP) is 3.43. The second-order valence-electron chi connectivity index (χ2n) is 7.74. The molecule has 5 rings (SSSR count). The third-order valence-corrected chi connectivity index (χ3v) is 6.66. The molecule has 0 saturated carbocycles. The summed E-state index contributed by atoms with van der Waals surface area (Å²) in [6, 6.07) is 12.5. The fourth-order valence-corrected chi connectivity index (χ4v) is 4.85. The summed E-state index contributed by atoms with van der Waals surface area (Å²) in [5.41, 5.74) is 1.51. The number of benzene rings is 2. The Morgan fingerprint density at radius 1 is 1.15 bits per heavy atom. The lowest BCUT2D eigenvalue weighted by Crippen LogP contribution is -2.31. The maximum absolute atomic E-state index is 13.0. The van der Waals surface area contributed by atoms with E-state index >= 15 is 0 Å². The Hall–Kier alpha value is -3.66. The molecule has 10 heteroatoms. The maximum atomic E-state index is 13.0. The first-order valence-corrected chi connectivity index (χ1v) is 11.4. The average molecular weight is 467 g/mol. The summed E-state index contributed by atoms with van der Waals surface area (Å²) < 4.78 is 15.8. The predicted molar refractivity (Wildman–Crippen MR) is 121 cm³/mol. The van der Waals surface area contributed by atoms with Gasteiger partial charge in [0.15, 0.2) is 11.5 Å². The van der Waals surface area contributed by atoms with Gasteiger partial charge in [0, 0.05) is 18.3 Å². The fraction of sp³-hybridized carbons (Fsp3) is 0.304. The SMILES string of the molecule is COc1ccc(CC(=O)N2CCCC2c2nnc(C(=O)Nc3ccc4c(c3)OCO4)s2)cc1. The highest BCUT2D eigenvalue weighted by atomic mass is 32.1. The van der Waals surface area contributed by atoms with Gasteiger partial charge in [0.05, 0.1) is 19.6 Å². The molecule has 3 aromatic rings. The van der Waals surface area contributed by atoms with Crippen molar-refractivity contribution < 1.29 is 23.8 Å². The first-order valence-electron chi connectivity index (χ1n) is 10.6. The minimum absolute atomic E-state index is 0.0317. The van der Waals surface area contributed by atoms with Gasteiger partial charge in [-0.05, 0) is 42.7 Å². The van der Waals surface area contributed by atoms with Gasteiger partial charge in [-0.1, -0.05) is 23.5 Å². The first kappa shape index (κ1) is 21.2. The summed E-state index contributed by atoms with van der Waals surface area (Å²) in [6.45, 7) is 0.833. The lowest BCUT2D eigenvalue weighted by molar-refractivity contribution is -0.131. The maximum Gasteiger partial charge on any atom is 0.286 e. The van der Waals surface area contributed by atoms with E-state index in [0.717, 1.165) is 24.2 Å². The van der Waals surface area contributed by atoms with Gasteiger partial charge in [0.2, 0.25) is 17.7 Å². The van der Waals surface area contributed by atoms with Crippen molar-refractivity contribution >= 4 is 28.8 Å². The van der Waals surface area contributed by atoms with E-state index in [-0.39, 0.29) is 29.7 Å². The van der Waals surface area contributed by atoms with Crippen molar-refractivity contribution in [3.63, 3.8) is 0 Å². The molecule has 1 unspecified atom stereocenters. The van der Waals surface area contributed by atoms with E-state index in [1.165, 1.54) is 11.3 Å². The third-order valence-electron chi connectivity index (χ3n) is 5.64. The molecule has 1 N–H and O–H groups in total. The number of ether oxygens (including phenoxy) is 3. The number of likely N-dealkylation sites (tertiary alicyclic amines) is 1. The molecule has 0 aliphatic carbocycles. The zero-order chi connectivity index (χ0) is 22.8. The Labute approximate surface area is 194 Å². The molecule has 9 nitrogen and oxygen atoms in total. The van der Waals surface area contributed by atoms with Crippen LogP contribution in [0.25, 0.3) is 0 Å². The first-order chi connectivity index (χ1) is 16.1. The second kappa shape index (κ2) is 9.07. The number of hydrogen-bond donors (Lipinski definition) is 1. The Balaban J connectivity index is 1.25. The normalized spacial score (nSPS) is 16.6. The van der Waals surface area contributed by atoms with Crippen molar-refractivity contribution in [1.82, 2.24) is 15.1 Å². The van der Waals surface area contributed by atoms with E-state index in [0.29, 0.717) is 35.2 Å². The van der Waals surface area contributed by atoms with Crippen LogP contribution in [-0.2, 0) is 11.2 Å². The van der Waals surface area contributed by atoms with Crippen molar-refractivity contribution in [2.24, 2.45) is 0 Å². The van der Waals surface area contributed by atoms with Crippen molar-refractivity contribution in [2.45, 2.75) is 25.3 Å². The van der Waals surface area contributed by atoms with Crippen LogP contribution in [0.15, 0.2) is 42.5 Å². The number of fused-ring (bicyclic) bond motifs is 1. The number of methoxy groups -OCH3 is 1. The quantitative estimate of drug-likeness (QED) is 0.594. The van der Waals surface area contributed by atoms with Gasteiger partial charge in [0.1, 0.15) is 10.8 Å². The Kier molecular flexibility index (Phi) is 5.82. The van der Waals surface area contributed by atoms with E-state index in [1.807, 2.05) is 29.2 Å². The molecule has 2 aliphatic heterocycles. The standard InChI is InChI=1S/C23H22N4O5S/c1-30-16-7-4-14(5-8-16)11-20(28)27-10-2-3-17(27)22-25-26-23(33-22)21(29)24-15-6-9-18-19(12-15)32-13-31-18/h4-9,12,17H,2-3,10-11,13H2,1H3,(H,24,29). The number of rotatable bonds is 6. The number of nitrogens with zero attached hydrogens (tertiary/aromatic N) is 3. The molecule has 0 radical (unpaired) electrons. The molecule has 0 bridgehead atoms. The molecule has 33 heavy (non-hydrogen) atoms. The van der Waals surface area contributed by atoms with Gasteiger partial charge in [-0.3, -0.25) is 9.59 Å². The minimum Gasteiger partial charge on any atom is -0.497 e. The zero-order valence-corrected chi connectivity index (χ0v) is 18.8. The van der Waals surface area contributed by atoms with Crippen LogP contribution in [0.1, 0.15) is 39.3 Å². The van der Waals surface area contributed by atoms with E-state index in [1.54, 1.807) is 25.3 Å². The smallest absolute Gasteiger partial charge is 0.286 e. The van der Waals surface area contributed by atoms with Crippen molar-refractivity contribution in [3.05, 3.63) is 58.0 Å². The van der Waals surface area contributed by atoms with Gasteiger partial charge in [0.25, 0.3) is 5.91 Å². The number of hydrogen-bond acceptors (Lipinski definition) is 8. The van der Waals surface area contributed by atoms with E-state index in [2.05, 4.69) is 15.5 Å². The second-order valence-corrected chi connectivity index (χ2v) is 8.75. The summed E-state index contributed by atoms with van der Waals surface area (Å²) in [6.07, 6.45) is 1.99. The zero-order valence-electron chi connectivity index (χ0n) is 17.9. The molecule has 1 saturated heterocycles. The molecular formula is C23H22N4O5S. The fourth-order valence-electron chi connectivity index (χ4n) is 3.96. The molecule has 0 spiro atoms. The van der Waals surface area contributed by atoms with Crippen molar-refractivity contribution in [2.75, 3.05) is 25.8 Å². The van der Waals surface area contributed by atoms with Crippen LogP contribution in [0, 0.1) is 0 Å². The summed E-state index contributed by atoms with van der Waals surface area (Å²) in [7, 11) is 1.61. The highest BCUT2D eigenvalue weighted by Crippen LogP contribution is 2.36. The van der Waals surface area contributed by atoms with Gasteiger partial charge in [-0.15, -0.1) is 10.2 Å². The number of aromatic nitrogens is 2.